The van der Waals surface area contributed by atoms with E-state index in [1.165, 1.54) is 0 Å². The lowest BCUT2D eigenvalue weighted by Gasteiger charge is -2.23. The van der Waals surface area contributed by atoms with Crippen molar-refractivity contribution in [3.8, 4) is 0 Å². The molecule has 31 heavy (non-hydrogen) atoms. The third-order valence-corrected chi connectivity index (χ3v) is 5.89. The van der Waals surface area contributed by atoms with Crippen LogP contribution in [-0.2, 0) is 17.9 Å². The van der Waals surface area contributed by atoms with Crippen LogP contribution in [0.1, 0.15) is 32.3 Å². The van der Waals surface area contributed by atoms with E-state index in [4.69, 9.17) is 0 Å². The van der Waals surface area contributed by atoms with E-state index >= 15 is 0 Å². The van der Waals surface area contributed by atoms with Gasteiger partial charge in [0.2, 0.25) is 5.91 Å². The van der Waals surface area contributed by atoms with Gasteiger partial charge in [0, 0.05) is 48.5 Å². The Bertz CT molecular complexity index is 1050. The summed E-state index contributed by atoms with van der Waals surface area (Å²) in [5.74, 6) is 0.112. The number of nitrogens with zero attached hydrogens (tertiary/aromatic N) is 3. The van der Waals surface area contributed by atoms with Gasteiger partial charge < -0.3 is 19.7 Å². The molecule has 1 aliphatic rings. The normalized spacial score (nSPS) is 13.2. The van der Waals surface area contributed by atoms with Crippen molar-refractivity contribution in [1.82, 2.24) is 14.4 Å². The molecule has 2 aromatic carbocycles. The van der Waals surface area contributed by atoms with Gasteiger partial charge in [-0.2, -0.15) is 0 Å². The average molecular weight is 419 g/mol. The van der Waals surface area contributed by atoms with Crippen molar-refractivity contribution in [2.75, 3.05) is 18.4 Å². The Morgan fingerprint density at radius 1 is 1.03 bits per heavy atom. The minimum atomic E-state index is -0.0677. The molecule has 3 aromatic rings. The van der Waals surface area contributed by atoms with E-state index in [1.54, 1.807) is 0 Å². The van der Waals surface area contributed by atoms with Crippen molar-refractivity contribution in [3.05, 3.63) is 66.4 Å². The van der Waals surface area contributed by atoms with E-state index in [-0.39, 0.29) is 11.9 Å². The van der Waals surface area contributed by atoms with Gasteiger partial charge in [-0.05, 0) is 56.5 Å². The summed E-state index contributed by atoms with van der Waals surface area (Å²) in [5, 5.41) is 4.07. The predicted molar refractivity (Wildman–Crippen MR) is 124 cm³/mol. The van der Waals surface area contributed by atoms with Crippen LogP contribution in [0.3, 0.4) is 0 Å². The second-order valence-corrected chi connectivity index (χ2v) is 8.06. The van der Waals surface area contributed by atoms with Crippen LogP contribution in [-0.4, -0.2) is 45.4 Å². The second-order valence-electron chi connectivity index (χ2n) is 8.06. The zero-order valence-corrected chi connectivity index (χ0v) is 18.3. The Hall–Kier alpha value is -3.28. The molecule has 0 bridgehead atoms. The van der Waals surface area contributed by atoms with Crippen molar-refractivity contribution in [2.45, 2.75) is 45.8 Å². The minimum absolute atomic E-state index is 0.0677. The van der Waals surface area contributed by atoms with E-state index in [2.05, 4.69) is 17.4 Å². The first-order chi connectivity index (χ1) is 15.1. The van der Waals surface area contributed by atoms with E-state index in [0.717, 1.165) is 35.0 Å². The molecule has 1 heterocycles. The molecule has 4 rings (SSSR count). The summed E-state index contributed by atoms with van der Waals surface area (Å²) in [7, 11) is 0. The Morgan fingerprint density at radius 2 is 1.77 bits per heavy atom. The zero-order valence-electron chi connectivity index (χ0n) is 18.3. The van der Waals surface area contributed by atoms with Gasteiger partial charge in [-0.1, -0.05) is 30.3 Å². The molecule has 1 aromatic heterocycles. The number of amides is 3. The number of urea groups is 1. The van der Waals surface area contributed by atoms with Gasteiger partial charge in [-0.15, -0.1) is 0 Å². The van der Waals surface area contributed by atoms with Crippen molar-refractivity contribution >= 4 is 28.5 Å². The maximum Gasteiger partial charge on any atom is 0.322 e. The molecule has 0 radical (unpaired) electrons. The quantitative estimate of drug-likeness (QED) is 0.576. The maximum atomic E-state index is 13.0. The van der Waals surface area contributed by atoms with Crippen LogP contribution < -0.4 is 5.32 Å². The van der Waals surface area contributed by atoms with Crippen LogP contribution in [0.4, 0.5) is 10.5 Å². The van der Waals surface area contributed by atoms with E-state index < -0.39 is 0 Å². The summed E-state index contributed by atoms with van der Waals surface area (Å²) < 4.78 is 1.97. The van der Waals surface area contributed by atoms with Gasteiger partial charge in [-0.25, -0.2) is 4.79 Å². The Morgan fingerprint density at radius 3 is 2.45 bits per heavy atom. The molecule has 1 N–H and O–H groups in total. The number of carbonyl (C=O) groups excluding carboxylic acids is 2. The van der Waals surface area contributed by atoms with Gasteiger partial charge >= 0.3 is 6.03 Å². The molecular formula is C25H30N4O2. The van der Waals surface area contributed by atoms with Crippen LogP contribution >= 0.6 is 0 Å². The average Bonchev–Trinajstić information content (AvgIpc) is 3.55. The molecule has 0 atom stereocenters. The fraction of sp³-hybridized carbons (Fsp3) is 0.360. The first kappa shape index (κ1) is 21.0. The van der Waals surface area contributed by atoms with Crippen molar-refractivity contribution in [3.63, 3.8) is 0 Å². The van der Waals surface area contributed by atoms with Crippen molar-refractivity contribution in [1.29, 1.82) is 0 Å². The summed E-state index contributed by atoms with van der Waals surface area (Å²) >= 11 is 0. The van der Waals surface area contributed by atoms with Crippen molar-refractivity contribution in [2.24, 2.45) is 0 Å². The molecular weight excluding hydrogens is 388 g/mol. The summed E-state index contributed by atoms with van der Waals surface area (Å²) in [4.78, 5) is 29.2. The molecule has 6 nitrogen and oxygen atoms in total. The number of carbonyl (C=O) groups is 2. The topological polar surface area (TPSA) is 57.6 Å². The third-order valence-electron chi connectivity index (χ3n) is 5.89. The first-order valence-corrected chi connectivity index (χ1v) is 11.1. The number of fused-ring (bicyclic) bond motifs is 1. The molecule has 6 heteroatoms. The van der Waals surface area contributed by atoms with Crippen LogP contribution in [0.5, 0.6) is 0 Å². The molecule has 1 fully saturated rings. The Labute approximate surface area is 183 Å². The molecule has 162 valence electrons. The second kappa shape index (κ2) is 9.25. The van der Waals surface area contributed by atoms with E-state index in [1.807, 2.05) is 76.9 Å². The van der Waals surface area contributed by atoms with E-state index in [0.29, 0.717) is 32.2 Å². The molecule has 3 amide bonds. The number of hydrogen-bond donors (Lipinski definition) is 1. The number of nitrogens with one attached hydrogen (secondary N) is 1. The predicted octanol–water partition coefficient (Wildman–Crippen LogP) is 4.71. The smallest absolute Gasteiger partial charge is 0.322 e. The SMILES string of the molecule is CCN(CC)C(=O)Cn1ccc2cc(NC(=O)N(Cc3ccccc3)C3CC3)ccc21. The maximum absolute atomic E-state index is 13.0. The van der Waals surface area contributed by atoms with Crippen molar-refractivity contribution < 1.29 is 9.59 Å². The number of anilines is 1. The standard InChI is InChI=1S/C25H30N4O2/c1-3-27(4-2)24(30)18-28-15-14-20-16-21(10-13-23(20)28)26-25(31)29(22-11-12-22)17-19-8-6-5-7-9-19/h5-10,13-16,22H,3-4,11-12,17-18H2,1-2H3,(H,26,31). The van der Waals surface area contributed by atoms with Gasteiger partial charge in [-0.3, -0.25) is 4.79 Å². The highest BCUT2D eigenvalue weighted by atomic mass is 16.2. The minimum Gasteiger partial charge on any atom is -0.342 e. The lowest BCUT2D eigenvalue weighted by Crippen LogP contribution is -2.36. The highest BCUT2D eigenvalue weighted by Crippen LogP contribution is 2.29. The van der Waals surface area contributed by atoms with E-state index in [9.17, 15) is 9.59 Å². The fourth-order valence-corrected chi connectivity index (χ4v) is 3.97. The summed E-state index contributed by atoms with van der Waals surface area (Å²) in [6.07, 6.45) is 4.05. The molecule has 0 saturated heterocycles. The lowest BCUT2D eigenvalue weighted by atomic mass is 10.2. The van der Waals surface area contributed by atoms with Crippen LogP contribution in [0, 0.1) is 0 Å². The largest absolute Gasteiger partial charge is 0.342 e. The van der Waals surface area contributed by atoms with Crippen LogP contribution in [0.15, 0.2) is 60.8 Å². The Balaban J connectivity index is 1.46. The van der Waals surface area contributed by atoms with Gasteiger partial charge in [0.1, 0.15) is 6.54 Å². The highest BCUT2D eigenvalue weighted by molar-refractivity contribution is 5.93. The number of benzene rings is 2. The number of aromatic nitrogens is 1. The third kappa shape index (κ3) is 4.90. The van der Waals surface area contributed by atoms with Gasteiger partial charge in [0.05, 0.1) is 0 Å². The first-order valence-electron chi connectivity index (χ1n) is 11.1. The number of rotatable bonds is 8. The van der Waals surface area contributed by atoms with Crippen LogP contribution in [0.25, 0.3) is 10.9 Å². The summed E-state index contributed by atoms with van der Waals surface area (Å²) in [5.41, 5.74) is 2.89. The summed E-state index contributed by atoms with van der Waals surface area (Å²) in [6.45, 7) is 6.35. The molecule has 0 spiro atoms. The molecule has 1 aliphatic carbocycles. The van der Waals surface area contributed by atoms with Gasteiger partial charge in [0.15, 0.2) is 0 Å². The molecule has 0 aliphatic heterocycles. The highest BCUT2D eigenvalue weighted by Gasteiger charge is 2.32. The molecule has 0 unspecified atom stereocenters. The summed E-state index contributed by atoms with van der Waals surface area (Å²) in [6, 6.07) is 18.2. The monoisotopic (exact) mass is 418 g/mol. The Kier molecular flexibility index (Phi) is 6.26. The number of likely N-dealkylation sites (N-methyl/N-ethyl adjacent to an activating group) is 1. The van der Waals surface area contributed by atoms with Gasteiger partial charge in [0.25, 0.3) is 0 Å². The lowest BCUT2D eigenvalue weighted by molar-refractivity contribution is -0.131. The zero-order chi connectivity index (χ0) is 21.8. The fourth-order valence-electron chi connectivity index (χ4n) is 3.97. The number of hydrogen-bond acceptors (Lipinski definition) is 2. The molecule has 1 saturated carbocycles. The van der Waals surface area contributed by atoms with Crippen LogP contribution in [0.2, 0.25) is 0 Å².